The van der Waals surface area contributed by atoms with Crippen molar-refractivity contribution in [3.63, 3.8) is 0 Å². The Labute approximate surface area is 110 Å². The van der Waals surface area contributed by atoms with Gasteiger partial charge in [-0.05, 0) is 0 Å². The summed E-state index contributed by atoms with van der Waals surface area (Å²) in [6.07, 6.45) is 0.345. The number of aliphatic carboxylic acids is 1. The van der Waals surface area contributed by atoms with Crippen LogP contribution in [0.5, 0.6) is 0 Å². The zero-order valence-electron chi connectivity index (χ0n) is 7.92. The molecule has 15 heavy (non-hydrogen) atoms. The van der Waals surface area contributed by atoms with Crippen molar-refractivity contribution in [2.75, 3.05) is 0 Å². The van der Waals surface area contributed by atoms with Crippen LogP contribution in [-0.2, 0) is 9.36 Å². The first-order valence-electron chi connectivity index (χ1n) is 4.16. The second-order valence-electron chi connectivity index (χ2n) is 2.51. The first-order chi connectivity index (χ1) is 7.20. The van der Waals surface area contributed by atoms with E-state index in [9.17, 15) is 4.79 Å². The van der Waals surface area contributed by atoms with Crippen molar-refractivity contribution in [3.8, 4) is 0 Å². The number of carbonyl (C=O) groups is 1. The molecule has 0 saturated heterocycles. The second kappa shape index (κ2) is 10.6. The summed E-state index contributed by atoms with van der Waals surface area (Å²) in [7, 11) is -1.08. The van der Waals surface area contributed by atoms with Crippen LogP contribution in [-0.4, -0.2) is 11.1 Å². The van der Waals surface area contributed by atoms with Crippen LogP contribution >= 0.6 is 8.69 Å². The molecule has 0 amide bonds. The molecule has 4 nitrogen and oxygen atoms in total. The van der Waals surface area contributed by atoms with E-state index in [2.05, 4.69) is 12.1 Å². The number of hydrogen-bond donors (Lipinski definition) is 1. The van der Waals surface area contributed by atoms with Gasteiger partial charge in [-0.1, -0.05) is 0 Å². The molecule has 1 rings (SSSR count). The van der Waals surface area contributed by atoms with E-state index in [0.29, 0.717) is 6.42 Å². The third kappa shape index (κ3) is 10.4. The maximum atomic E-state index is 10.2. The SMILES string of the molecule is O=C(O)C[CH2][Ce+][c]1ccccc1.O=P[O-]. The Bertz CT molecular complexity index is 291. The van der Waals surface area contributed by atoms with Crippen molar-refractivity contribution in [1.82, 2.24) is 0 Å². The van der Waals surface area contributed by atoms with Gasteiger partial charge in [0, 0.05) is 0 Å². The Kier molecular flexibility index (Phi) is 10.7. The molecule has 0 aliphatic rings. The van der Waals surface area contributed by atoms with E-state index in [1.165, 1.54) is 1.08 Å². The number of hydrogen-bond acceptors (Lipinski definition) is 3. The molecule has 79 valence electrons. The van der Waals surface area contributed by atoms with Gasteiger partial charge < -0.3 is 4.89 Å². The normalized spacial score (nSPS) is 8.60. The molecule has 0 spiro atoms. The van der Waals surface area contributed by atoms with Crippen molar-refractivity contribution < 1.29 is 56.9 Å². The quantitative estimate of drug-likeness (QED) is 0.814. The Hall–Kier alpha value is 0.127. The molecule has 1 aromatic rings. The van der Waals surface area contributed by atoms with Crippen molar-refractivity contribution in [3.05, 3.63) is 30.3 Å². The maximum Gasteiger partial charge on any atom is 0.0642 e. The van der Waals surface area contributed by atoms with Crippen LogP contribution < -0.4 is 5.97 Å². The van der Waals surface area contributed by atoms with E-state index >= 15 is 0 Å². The van der Waals surface area contributed by atoms with Crippen molar-refractivity contribution in [2.45, 2.75) is 8.36 Å². The Balaban J connectivity index is 0.000000583. The van der Waals surface area contributed by atoms with E-state index < -0.39 is 52.2 Å². The van der Waals surface area contributed by atoms with Crippen molar-refractivity contribution >= 4 is 15.7 Å². The minimum atomic E-state index is -1.08. The van der Waals surface area contributed by atoms with E-state index in [1.807, 2.05) is 18.2 Å². The summed E-state index contributed by atoms with van der Waals surface area (Å²) >= 11 is -0.811. The third-order valence-electron chi connectivity index (χ3n) is 1.44. The smallest absolute Gasteiger partial charge is 0.0642 e. The minimum absolute atomic E-state index is 0.345. The number of rotatable bonds is 4. The van der Waals surface area contributed by atoms with Gasteiger partial charge in [0.05, 0.1) is 8.69 Å². The van der Waals surface area contributed by atoms with Crippen molar-refractivity contribution in [2.24, 2.45) is 0 Å². The average molecular weight is 353 g/mol. The summed E-state index contributed by atoms with van der Waals surface area (Å²) in [5.74, 6) is -0.668. The third-order valence-corrected chi connectivity index (χ3v) is 5.34. The molecular weight excluding hydrogens is 343 g/mol. The summed E-state index contributed by atoms with van der Waals surface area (Å²) in [6.45, 7) is 0. The molecule has 0 aliphatic heterocycles. The first kappa shape index (κ1) is 15.1. The van der Waals surface area contributed by atoms with Gasteiger partial charge in [-0.2, -0.15) is 0 Å². The second-order valence-corrected chi connectivity index (χ2v) is 7.15. The molecule has 0 aliphatic carbocycles. The summed E-state index contributed by atoms with van der Waals surface area (Å²) < 4.78 is 10.7. The van der Waals surface area contributed by atoms with Gasteiger partial charge in [-0.15, -0.1) is 0 Å². The molecule has 0 fully saturated rings. The maximum absolute atomic E-state index is 10.2. The standard InChI is InChI=1S/C6H5.C3H5O2.Ce.HO2P/c1-2-4-6-5-3-1;1-2-3(4)5;;1-3-2/h1-5H;1-2H2,(H,4,5);;(H,1,2)/q;;+1;/p-1. The largest absolute Gasteiger partial charge is 0.772 e. The molecule has 0 aromatic heterocycles. The number of carboxylic acids is 1. The zero-order valence-corrected chi connectivity index (χ0v) is 12.0. The molecule has 0 radical (unpaired) electrons. The fourth-order valence-electron chi connectivity index (χ4n) is 0.870. The van der Waals surface area contributed by atoms with E-state index in [1.54, 1.807) is 0 Å². The van der Waals surface area contributed by atoms with Gasteiger partial charge in [-0.3, -0.25) is 4.57 Å². The molecule has 0 saturated carbocycles. The predicted molar refractivity (Wildman–Crippen MR) is 50.7 cm³/mol. The fraction of sp³-hybridized carbons (Fsp3) is 0.222. The minimum Gasteiger partial charge on any atom is -0.772 e. The molecular formula is C9H10CeO4P. The van der Waals surface area contributed by atoms with Crippen LogP contribution in [0.15, 0.2) is 30.3 Å². The van der Waals surface area contributed by atoms with Crippen LogP contribution in [0.3, 0.4) is 0 Å². The van der Waals surface area contributed by atoms with Crippen LogP contribution in [0, 0.1) is 37.6 Å². The number of carboxylic acid groups (broad SMARTS) is 1. The van der Waals surface area contributed by atoms with Gasteiger partial charge in [0.25, 0.3) is 0 Å². The molecule has 0 bridgehead atoms. The summed E-state index contributed by atoms with van der Waals surface area (Å²) in [6, 6.07) is 10.2. The van der Waals surface area contributed by atoms with Gasteiger partial charge in [-0.25, -0.2) is 0 Å². The Morgan fingerprint density at radius 2 is 1.93 bits per heavy atom. The average Bonchev–Trinajstić information content (AvgIpc) is 2.20. The van der Waals surface area contributed by atoms with Crippen LogP contribution in [0.2, 0.25) is 1.94 Å². The van der Waals surface area contributed by atoms with Gasteiger partial charge in [0.1, 0.15) is 0 Å². The van der Waals surface area contributed by atoms with Crippen LogP contribution in [0.4, 0.5) is 0 Å². The molecule has 6 heteroatoms. The van der Waals surface area contributed by atoms with Crippen LogP contribution in [0.25, 0.3) is 0 Å². The van der Waals surface area contributed by atoms with Crippen molar-refractivity contribution in [1.29, 1.82) is 0 Å². The molecule has 1 N–H and O–H groups in total. The molecule has 0 atom stereocenters. The van der Waals surface area contributed by atoms with E-state index in [-0.39, 0.29) is 0 Å². The molecule has 1 aromatic carbocycles. The summed E-state index contributed by atoms with van der Waals surface area (Å²) in [5.41, 5.74) is 0. The number of benzene rings is 1. The zero-order chi connectivity index (χ0) is 11.5. The predicted octanol–water partition coefficient (Wildman–Crippen LogP) is 0.843. The first-order valence-corrected chi connectivity index (χ1v) is 8.68. The summed E-state index contributed by atoms with van der Waals surface area (Å²) in [5, 5.41) is 8.42. The van der Waals surface area contributed by atoms with Gasteiger partial charge in [0.2, 0.25) is 0 Å². The van der Waals surface area contributed by atoms with Crippen LogP contribution in [0.1, 0.15) is 6.42 Å². The monoisotopic (exact) mass is 353 g/mol. The Morgan fingerprint density at radius 3 is 2.40 bits per heavy atom. The topological polar surface area (TPSA) is 77.4 Å². The molecule has 0 unspecified atom stereocenters. The van der Waals surface area contributed by atoms with E-state index in [4.69, 9.17) is 14.6 Å². The van der Waals surface area contributed by atoms with Gasteiger partial charge >= 0.3 is 93.2 Å². The van der Waals surface area contributed by atoms with E-state index in [0.717, 1.165) is 1.94 Å². The Morgan fingerprint density at radius 1 is 1.40 bits per heavy atom. The fourth-order valence-corrected chi connectivity index (χ4v) is 4.18. The summed E-state index contributed by atoms with van der Waals surface area (Å²) in [4.78, 5) is 18.6. The van der Waals surface area contributed by atoms with Gasteiger partial charge in [0.15, 0.2) is 0 Å². The molecule has 0 heterocycles.